The fourth-order valence-electron chi connectivity index (χ4n) is 1.38. The molecule has 2 atom stereocenters. The van der Waals surface area contributed by atoms with Gasteiger partial charge in [0.2, 0.25) is 5.91 Å². The molecule has 1 aromatic rings. The van der Waals surface area contributed by atoms with E-state index in [-0.39, 0.29) is 0 Å². The number of alkyl halides is 2. The molecule has 0 fully saturated rings. The number of anilines is 1. The minimum Gasteiger partial charge on any atom is -0.495 e. The molecule has 2 N–H and O–H groups in total. The van der Waals surface area contributed by atoms with Gasteiger partial charge in [0.15, 0.2) is 0 Å². The van der Waals surface area contributed by atoms with Crippen molar-refractivity contribution in [3.05, 3.63) is 23.8 Å². The first-order chi connectivity index (χ1) is 8.86. The zero-order valence-electron chi connectivity index (χ0n) is 10.3. The molecule has 0 aromatic heterocycles. The molecule has 1 aromatic carbocycles. The van der Waals surface area contributed by atoms with E-state index >= 15 is 0 Å². The molecule has 0 aliphatic carbocycles. The summed E-state index contributed by atoms with van der Waals surface area (Å²) in [5, 5.41) is 11.5. The van der Waals surface area contributed by atoms with Crippen LogP contribution < -0.4 is 10.1 Å². The fourth-order valence-corrected chi connectivity index (χ4v) is 1.96. The van der Waals surface area contributed by atoms with Gasteiger partial charge in [-0.1, -0.05) is 37.9 Å². The van der Waals surface area contributed by atoms with E-state index in [1.807, 2.05) is 13.0 Å². The SMILES string of the molecule is COc1ccc(C)cc1NC(=O)[C@@H](Br)[C@@H](Br)C(=O)O. The van der Waals surface area contributed by atoms with Crippen LogP contribution in [0.3, 0.4) is 0 Å². The molecule has 7 heteroatoms. The van der Waals surface area contributed by atoms with E-state index in [4.69, 9.17) is 9.84 Å². The van der Waals surface area contributed by atoms with Gasteiger partial charge in [0.1, 0.15) is 15.4 Å². The molecule has 19 heavy (non-hydrogen) atoms. The van der Waals surface area contributed by atoms with Gasteiger partial charge in [-0.25, -0.2) is 0 Å². The lowest BCUT2D eigenvalue weighted by Gasteiger charge is -2.15. The number of carbonyl (C=O) groups excluding carboxylic acids is 1. The number of aliphatic carboxylic acids is 1. The van der Waals surface area contributed by atoms with Crippen LogP contribution in [0.1, 0.15) is 5.56 Å². The predicted octanol–water partition coefficient (Wildman–Crippen LogP) is 2.55. The highest BCUT2D eigenvalue weighted by atomic mass is 79.9. The Hall–Kier alpha value is -1.08. The number of halogens is 2. The highest BCUT2D eigenvalue weighted by molar-refractivity contribution is 9.12. The summed E-state index contributed by atoms with van der Waals surface area (Å²) in [7, 11) is 1.50. The van der Waals surface area contributed by atoms with Crippen LogP contribution >= 0.6 is 31.9 Å². The number of methoxy groups -OCH3 is 1. The molecule has 0 saturated carbocycles. The molecular weight excluding hydrogens is 382 g/mol. The number of carboxylic acid groups (broad SMARTS) is 1. The largest absolute Gasteiger partial charge is 0.495 e. The van der Waals surface area contributed by atoms with Crippen molar-refractivity contribution < 1.29 is 19.4 Å². The van der Waals surface area contributed by atoms with E-state index in [0.29, 0.717) is 11.4 Å². The first kappa shape index (κ1) is 16.0. The number of carboxylic acids is 1. The van der Waals surface area contributed by atoms with Gasteiger partial charge >= 0.3 is 5.97 Å². The predicted molar refractivity (Wildman–Crippen MR) is 79.4 cm³/mol. The zero-order chi connectivity index (χ0) is 14.6. The Bertz CT molecular complexity index is 493. The smallest absolute Gasteiger partial charge is 0.318 e. The summed E-state index contributed by atoms with van der Waals surface area (Å²) in [6.07, 6.45) is 0. The second-order valence-electron chi connectivity index (χ2n) is 3.83. The first-order valence-electron chi connectivity index (χ1n) is 5.33. The summed E-state index contributed by atoms with van der Waals surface area (Å²) in [6, 6.07) is 5.34. The maximum Gasteiger partial charge on any atom is 0.318 e. The Labute approximate surface area is 127 Å². The summed E-state index contributed by atoms with van der Waals surface area (Å²) in [4.78, 5) is 20.8. The van der Waals surface area contributed by atoms with E-state index < -0.39 is 21.5 Å². The molecule has 0 spiro atoms. The van der Waals surface area contributed by atoms with E-state index in [9.17, 15) is 9.59 Å². The Morgan fingerprint density at radius 2 is 1.95 bits per heavy atom. The van der Waals surface area contributed by atoms with Crippen LogP contribution in [-0.2, 0) is 9.59 Å². The molecule has 0 aliphatic heterocycles. The van der Waals surface area contributed by atoms with Gasteiger partial charge < -0.3 is 15.2 Å². The molecular formula is C12H13Br2NO4. The number of carbonyl (C=O) groups is 2. The highest BCUT2D eigenvalue weighted by Crippen LogP contribution is 2.26. The van der Waals surface area contributed by atoms with E-state index in [1.165, 1.54) is 7.11 Å². The summed E-state index contributed by atoms with van der Waals surface area (Å²) in [6.45, 7) is 1.88. The summed E-state index contributed by atoms with van der Waals surface area (Å²) < 4.78 is 5.13. The standard InChI is InChI=1S/C12H13Br2NO4/c1-6-3-4-8(19-2)7(5-6)15-11(16)9(13)10(14)12(17)18/h3-5,9-10H,1-2H3,(H,15,16)(H,17,18)/t9-,10+/m0/s1. The Morgan fingerprint density at radius 3 is 2.47 bits per heavy atom. The molecule has 0 bridgehead atoms. The van der Waals surface area contributed by atoms with Crippen LogP contribution in [0.2, 0.25) is 0 Å². The monoisotopic (exact) mass is 393 g/mol. The average Bonchev–Trinajstić information content (AvgIpc) is 2.37. The van der Waals surface area contributed by atoms with Crippen molar-refractivity contribution in [2.75, 3.05) is 12.4 Å². The molecule has 1 amide bonds. The average molecular weight is 395 g/mol. The number of hydrogen-bond donors (Lipinski definition) is 2. The molecule has 1 rings (SSSR count). The molecule has 104 valence electrons. The van der Waals surface area contributed by atoms with Crippen LogP contribution in [0.5, 0.6) is 5.75 Å². The van der Waals surface area contributed by atoms with Crippen molar-refractivity contribution in [2.45, 2.75) is 16.6 Å². The van der Waals surface area contributed by atoms with Crippen LogP contribution in [0, 0.1) is 6.92 Å². The van der Waals surface area contributed by atoms with Gasteiger partial charge in [0.25, 0.3) is 0 Å². The van der Waals surface area contributed by atoms with Gasteiger partial charge in [0.05, 0.1) is 12.8 Å². The van der Waals surface area contributed by atoms with Crippen LogP contribution in [-0.4, -0.2) is 33.7 Å². The summed E-state index contributed by atoms with van der Waals surface area (Å²) in [5.74, 6) is -1.07. The third kappa shape index (κ3) is 4.21. The van der Waals surface area contributed by atoms with Crippen LogP contribution in [0.4, 0.5) is 5.69 Å². The minimum atomic E-state index is -1.12. The number of aryl methyl sites for hydroxylation is 1. The number of ether oxygens (including phenoxy) is 1. The fraction of sp³-hybridized carbons (Fsp3) is 0.333. The second-order valence-corrected chi connectivity index (χ2v) is 5.81. The molecule has 0 unspecified atom stereocenters. The maximum atomic E-state index is 11.9. The van der Waals surface area contributed by atoms with Crippen molar-refractivity contribution in [3.8, 4) is 5.75 Å². The Kier molecular flexibility index (Phi) is 5.81. The topological polar surface area (TPSA) is 75.6 Å². The van der Waals surface area contributed by atoms with Crippen LogP contribution in [0.25, 0.3) is 0 Å². The third-order valence-electron chi connectivity index (χ3n) is 2.36. The van der Waals surface area contributed by atoms with Gasteiger partial charge in [-0.3, -0.25) is 9.59 Å². The Morgan fingerprint density at radius 1 is 1.32 bits per heavy atom. The molecule has 0 aliphatic rings. The van der Waals surface area contributed by atoms with E-state index in [0.717, 1.165) is 5.56 Å². The number of nitrogens with one attached hydrogen (secondary N) is 1. The minimum absolute atomic E-state index is 0.465. The lowest BCUT2D eigenvalue weighted by molar-refractivity contribution is -0.137. The normalized spacial score (nSPS) is 13.5. The van der Waals surface area contributed by atoms with Gasteiger partial charge in [-0.05, 0) is 24.6 Å². The van der Waals surface area contributed by atoms with Crippen molar-refractivity contribution in [1.29, 1.82) is 0 Å². The van der Waals surface area contributed by atoms with Crippen molar-refractivity contribution in [1.82, 2.24) is 0 Å². The summed E-state index contributed by atoms with van der Waals surface area (Å²) >= 11 is 5.98. The highest BCUT2D eigenvalue weighted by Gasteiger charge is 2.29. The number of benzene rings is 1. The van der Waals surface area contributed by atoms with Gasteiger partial charge in [0, 0.05) is 0 Å². The molecule has 0 radical (unpaired) electrons. The zero-order valence-corrected chi connectivity index (χ0v) is 13.5. The quantitative estimate of drug-likeness (QED) is 0.752. The summed E-state index contributed by atoms with van der Waals surface area (Å²) in [5.41, 5.74) is 1.46. The van der Waals surface area contributed by atoms with E-state index in [1.54, 1.807) is 12.1 Å². The van der Waals surface area contributed by atoms with Gasteiger partial charge in [-0.2, -0.15) is 0 Å². The maximum absolute atomic E-state index is 11.9. The van der Waals surface area contributed by atoms with Crippen molar-refractivity contribution >= 4 is 49.4 Å². The second kappa shape index (κ2) is 6.91. The lowest BCUT2D eigenvalue weighted by atomic mass is 10.2. The van der Waals surface area contributed by atoms with Crippen LogP contribution in [0.15, 0.2) is 18.2 Å². The van der Waals surface area contributed by atoms with Crippen molar-refractivity contribution in [2.24, 2.45) is 0 Å². The van der Waals surface area contributed by atoms with Crippen molar-refractivity contribution in [3.63, 3.8) is 0 Å². The number of hydrogen-bond acceptors (Lipinski definition) is 3. The number of rotatable bonds is 5. The molecule has 0 saturated heterocycles. The molecule has 0 heterocycles. The van der Waals surface area contributed by atoms with E-state index in [2.05, 4.69) is 37.2 Å². The van der Waals surface area contributed by atoms with Gasteiger partial charge in [-0.15, -0.1) is 0 Å². The molecule has 5 nitrogen and oxygen atoms in total. The third-order valence-corrected chi connectivity index (χ3v) is 4.93. The first-order valence-corrected chi connectivity index (χ1v) is 7.16. The Balaban J connectivity index is 2.87. The number of amides is 1. The lowest BCUT2D eigenvalue weighted by Crippen LogP contribution is -2.34.